The number of fused-ring (bicyclic) bond motifs is 1. The lowest BCUT2D eigenvalue weighted by molar-refractivity contribution is -0.118. The van der Waals surface area contributed by atoms with Gasteiger partial charge in [0.15, 0.2) is 11.2 Å². The smallest absolute Gasteiger partial charge is 0.332 e. The zero-order chi connectivity index (χ0) is 18.4. The van der Waals surface area contributed by atoms with Crippen molar-refractivity contribution in [1.29, 1.82) is 0 Å². The lowest BCUT2D eigenvalue weighted by atomic mass is 10.3. The predicted molar refractivity (Wildman–Crippen MR) is 95.6 cm³/mol. The molecule has 2 aromatic heterocycles. The molecule has 2 heterocycles. The number of nitrogens with zero attached hydrogens (tertiary/aromatic N) is 4. The molecule has 0 spiro atoms. The molecule has 9 nitrogen and oxygen atoms in total. The van der Waals surface area contributed by atoms with E-state index in [1.54, 1.807) is 25.0 Å². The topological polar surface area (TPSA) is 103 Å². The lowest BCUT2D eigenvalue weighted by Crippen LogP contribution is -2.40. The SMILES string of the molecule is CC(=O)NCCCCNCCCn1c(=O)c2c(ncn2C)n(C)c1=O. The molecule has 0 aliphatic rings. The molecule has 0 saturated carbocycles. The van der Waals surface area contributed by atoms with Gasteiger partial charge in [-0.15, -0.1) is 0 Å². The minimum absolute atomic E-state index is 0.00891. The first-order valence-electron chi connectivity index (χ1n) is 8.49. The van der Waals surface area contributed by atoms with Crippen LogP contribution < -0.4 is 21.9 Å². The fourth-order valence-electron chi connectivity index (χ4n) is 2.72. The number of nitrogens with one attached hydrogen (secondary N) is 2. The fraction of sp³-hybridized carbons (Fsp3) is 0.625. The monoisotopic (exact) mass is 350 g/mol. The van der Waals surface area contributed by atoms with Crippen LogP contribution in [0, 0.1) is 0 Å². The quantitative estimate of drug-likeness (QED) is 0.584. The van der Waals surface area contributed by atoms with Crippen LogP contribution in [0.3, 0.4) is 0 Å². The summed E-state index contributed by atoms with van der Waals surface area (Å²) in [4.78, 5) is 39.7. The van der Waals surface area contributed by atoms with Gasteiger partial charge < -0.3 is 15.2 Å². The third kappa shape index (κ3) is 4.56. The van der Waals surface area contributed by atoms with Crippen molar-refractivity contribution in [3.05, 3.63) is 27.2 Å². The molecule has 0 aliphatic heterocycles. The highest BCUT2D eigenvalue weighted by molar-refractivity contribution is 5.72. The first kappa shape index (κ1) is 18.9. The van der Waals surface area contributed by atoms with E-state index in [9.17, 15) is 14.4 Å². The molecular weight excluding hydrogens is 324 g/mol. The normalized spacial score (nSPS) is 11.2. The Kier molecular flexibility index (Phi) is 6.51. The van der Waals surface area contributed by atoms with E-state index in [4.69, 9.17) is 0 Å². The maximum Gasteiger partial charge on any atom is 0.332 e. The second-order valence-corrected chi connectivity index (χ2v) is 6.12. The summed E-state index contributed by atoms with van der Waals surface area (Å²) in [6, 6.07) is 0. The summed E-state index contributed by atoms with van der Waals surface area (Å²) in [5.74, 6) is -0.00891. The average Bonchev–Trinajstić information content (AvgIpc) is 2.95. The van der Waals surface area contributed by atoms with Crippen molar-refractivity contribution < 1.29 is 4.79 Å². The summed E-state index contributed by atoms with van der Waals surface area (Å²) in [6.07, 6.45) is 4.11. The van der Waals surface area contributed by atoms with Gasteiger partial charge in [-0.2, -0.15) is 0 Å². The van der Waals surface area contributed by atoms with Gasteiger partial charge in [0.25, 0.3) is 5.56 Å². The van der Waals surface area contributed by atoms with Crippen LogP contribution in [0.2, 0.25) is 0 Å². The van der Waals surface area contributed by atoms with Crippen molar-refractivity contribution in [3.63, 3.8) is 0 Å². The van der Waals surface area contributed by atoms with Gasteiger partial charge >= 0.3 is 5.69 Å². The van der Waals surface area contributed by atoms with Gasteiger partial charge in [-0.05, 0) is 32.4 Å². The van der Waals surface area contributed by atoms with E-state index in [2.05, 4.69) is 15.6 Å². The second-order valence-electron chi connectivity index (χ2n) is 6.12. The first-order chi connectivity index (χ1) is 11.9. The van der Waals surface area contributed by atoms with Crippen molar-refractivity contribution in [3.8, 4) is 0 Å². The minimum Gasteiger partial charge on any atom is -0.356 e. The van der Waals surface area contributed by atoms with Gasteiger partial charge in [-0.3, -0.25) is 18.7 Å². The highest BCUT2D eigenvalue weighted by Gasteiger charge is 2.14. The molecule has 2 aromatic rings. The zero-order valence-corrected chi connectivity index (χ0v) is 15.0. The lowest BCUT2D eigenvalue weighted by Gasteiger charge is -2.09. The Balaban J connectivity index is 1.84. The molecule has 1 amide bonds. The molecule has 0 radical (unpaired) electrons. The second kappa shape index (κ2) is 8.61. The van der Waals surface area contributed by atoms with Crippen LogP contribution in [0.1, 0.15) is 26.2 Å². The summed E-state index contributed by atoms with van der Waals surface area (Å²) >= 11 is 0. The number of carbonyl (C=O) groups excluding carboxylic acids is 1. The average molecular weight is 350 g/mol. The standard InChI is InChI=1S/C16H26N6O3/c1-12(23)18-9-5-4-7-17-8-6-10-22-15(24)13-14(19-11-20(13)2)21(3)16(22)25/h11,17H,4-10H2,1-3H3,(H,18,23). The third-order valence-corrected chi connectivity index (χ3v) is 4.09. The summed E-state index contributed by atoms with van der Waals surface area (Å²) < 4.78 is 4.32. The number of hydrogen-bond donors (Lipinski definition) is 2. The Bertz CT molecular complexity index is 848. The number of amides is 1. The van der Waals surface area contributed by atoms with Gasteiger partial charge in [0.1, 0.15) is 0 Å². The number of carbonyl (C=O) groups is 1. The minimum atomic E-state index is -0.341. The van der Waals surface area contributed by atoms with E-state index in [1.165, 1.54) is 16.1 Å². The largest absolute Gasteiger partial charge is 0.356 e. The van der Waals surface area contributed by atoms with E-state index in [-0.39, 0.29) is 17.2 Å². The Morgan fingerprint density at radius 3 is 2.52 bits per heavy atom. The van der Waals surface area contributed by atoms with Crippen molar-refractivity contribution >= 4 is 17.1 Å². The van der Waals surface area contributed by atoms with Crippen molar-refractivity contribution in [2.45, 2.75) is 32.7 Å². The Morgan fingerprint density at radius 2 is 1.80 bits per heavy atom. The highest BCUT2D eigenvalue weighted by atomic mass is 16.2. The molecule has 0 unspecified atom stereocenters. The van der Waals surface area contributed by atoms with Crippen LogP contribution in [-0.2, 0) is 25.4 Å². The third-order valence-electron chi connectivity index (χ3n) is 4.09. The maximum atomic E-state index is 12.5. The van der Waals surface area contributed by atoms with Gasteiger partial charge in [0.2, 0.25) is 5.91 Å². The molecular formula is C16H26N6O3. The Hall–Kier alpha value is -2.42. The van der Waals surface area contributed by atoms with Gasteiger partial charge in [0.05, 0.1) is 6.33 Å². The number of imidazole rings is 1. The molecule has 25 heavy (non-hydrogen) atoms. The predicted octanol–water partition coefficient (Wildman–Crippen LogP) is -0.670. The van der Waals surface area contributed by atoms with E-state index < -0.39 is 0 Å². The Morgan fingerprint density at radius 1 is 1.12 bits per heavy atom. The maximum absolute atomic E-state index is 12.5. The molecule has 9 heteroatoms. The van der Waals surface area contributed by atoms with Gasteiger partial charge in [-0.1, -0.05) is 0 Å². The molecule has 2 rings (SSSR count). The molecule has 0 saturated heterocycles. The summed E-state index contributed by atoms with van der Waals surface area (Å²) in [6.45, 7) is 4.12. The number of aryl methyl sites for hydroxylation is 2. The molecule has 0 atom stereocenters. The molecule has 138 valence electrons. The molecule has 0 bridgehead atoms. The molecule has 0 fully saturated rings. The van der Waals surface area contributed by atoms with Crippen LogP contribution >= 0.6 is 0 Å². The van der Waals surface area contributed by atoms with E-state index in [0.29, 0.717) is 30.7 Å². The fourth-order valence-corrected chi connectivity index (χ4v) is 2.72. The number of hydrogen-bond acceptors (Lipinski definition) is 5. The van der Waals surface area contributed by atoms with Crippen molar-refractivity contribution in [2.75, 3.05) is 19.6 Å². The van der Waals surface area contributed by atoms with Crippen LogP contribution in [-0.4, -0.2) is 44.2 Å². The van der Waals surface area contributed by atoms with Crippen LogP contribution in [0.5, 0.6) is 0 Å². The van der Waals surface area contributed by atoms with E-state index in [1.807, 2.05) is 0 Å². The molecule has 2 N–H and O–H groups in total. The summed E-state index contributed by atoms with van der Waals surface area (Å²) in [5, 5.41) is 6.04. The first-order valence-corrected chi connectivity index (χ1v) is 8.49. The highest BCUT2D eigenvalue weighted by Crippen LogP contribution is 2.02. The van der Waals surface area contributed by atoms with E-state index in [0.717, 1.165) is 25.9 Å². The van der Waals surface area contributed by atoms with Crippen molar-refractivity contribution in [2.24, 2.45) is 14.1 Å². The van der Waals surface area contributed by atoms with Gasteiger partial charge in [-0.25, -0.2) is 9.78 Å². The van der Waals surface area contributed by atoms with E-state index >= 15 is 0 Å². The van der Waals surface area contributed by atoms with Crippen LogP contribution in [0.15, 0.2) is 15.9 Å². The number of rotatable bonds is 9. The van der Waals surface area contributed by atoms with Crippen LogP contribution in [0.4, 0.5) is 0 Å². The van der Waals surface area contributed by atoms with Crippen LogP contribution in [0.25, 0.3) is 11.2 Å². The summed E-state index contributed by atoms with van der Waals surface area (Å²) in [7, 11) is 3.37. The van der Waals surface area contributed by atoms with Gasteiger partial charge in [0, 0.05) is 34.1 Å². The molecule has 0 aliphatic carbocycles. The summed E-state index contributed by atoms with van der Waals surface area (Å²) in [5.41, 5.74) is 0.207. The number of aromatic nitrogens is 4. The van der Waals surface area contributed by atoms with Crippen molar-refractivity contribution in [1.82, 2.24) is 29.3 Å². The zero-order valence-electron chi connectivity index (χ0n) is 15.0. The molecule has 0 aromatic carbocycles. The number of unbranched alkanes of at least 4 members (excludes halogenated alkanes) is 1. The Labute approximate surface area is 145 Å².